The second-order valence-electron chi connectivity index (χ2n) is 6.20. The van der Waals surface area contributed by atoms with Gasteiger partial charge in [-0.3, -0.25) is 24.9 Å². The van der Waals surface area contributed by atoms with Crippen LogP contribution in [0.4, 0.5) is 5.69 Å². The van der Waals surface area contributed by atoms with Crippen LogP contribution in [0.15, 0.2) is 34.3 Å². The summed E-state index contributed by atoms with van der Waals surface area (Å²) in [6.07, 6.45) is 1.77. The van der Waals surface area contributed by atoms with Crippen LogP contribution < -0.4 is 0 Å². The van der Waals surface area contributed by atoms with Crippen molar-refractivity contribution >= 4 is 23.1 Å². The van der Waals surface area contributed by atoms with Gasteiger partial charge in [0.2, 0.25) is 0 Å². The van der Waals surface area contributed by atoms with E-state index >= 15 is 0 Å². The zero-order valence-corrected chi connectivity index (χ0v) is 13.6. The number of nitro groups is 1. The second kappa shape index (κ2) is 6.51. The lowest BCUT2D eigenvalue weighted by molar-refractivity contribution is -0.385. The van der Waals surface area contributed by atoms with Crippen molar-refractivity contribution in [3.05, 3.63) is 39.9 Å². The van der Waals surface area contributed by atoms with Gasteiger partial charge in [0, 0.05) is 11.8 Å². The smallest absolute Gasteiger partial charge is 0.320 e. The largest absolute Gasteiger partial charge is 0.465 e. The van der Waals surface area contributed by atoms with E-state index in [1.165, 1.54) is 6.07 Å². The number of rotatable bonds is 5. The highest BCUT2D eigenvalue weighted by Gasteiger charge is 2.36. The Kier molecular flexibility index (Phi) is 4.42. The van der Waals surface area contributed by atoms with E-state index in [0.717, 1.165) is 12.8 Å². The Bertz CT molecular complexity index is 737. The molecule has 3 rings (SSSR count). The van der Waals surface area contributed by atoms with Gasteiger partial charge in [-0.15, -0.1) is 0 Å². The van der Waals surface area contributed by atoms with Crippen molar-refractivity contribution in [2.24, 2.45) is 21.8 Å². The van der Waals surface area contributed by atoms with E-state index < -0.39 is 16.8 Å². The minimum Gasteiger partial charge on any atom is -0.465 e. The highest BCUT2D eigenvalue weighted by Crippen LogP contribution is 2.30. The molecule has 1 aliphatic heterocycles. The summed E-state index contributed by atoms with van der Waals surface area (Å²) in [4.78, 5) is 32.2. The monoisotopic (exact) mass is 329 g/mol. The maximum atomic E-state index is 12.6. The number of ether oxygens (including phenoxy) is 1. The molecule has 1 aliphatic carbocycles. The van der Waals surface area contributed by atoms with Crippen molar-refractivity contribution in [1.29, 1.82) is 0 Å². The fourth-order valence-electron chi connectivity index (χ4n) is 2.80. The number of carbonyl (C=O) groups excluding carboxylic acids is 1. The quantitative estimate of drug-likeness (QED) is 0.471. The molecular weight excluding hydrogens is 310 g/mol. The minimum absolute atomic E-state index is 0.0712. The molecule has 0 aromatic heterocycles. The van der Waals surface area contributed by atoms with E-state index in [9.17, 15) is 14.9 Å². The summed E-state index contributed by atoms with van der Waals surface area (Å²) in [5.41, 5.74) is 1.21. The third kappa shape index (κ3) is 3.34. The first-order valence-corrected chi connectivity index (χ1v) is 7.99. The maximum absolute atomic E-state index is 12.6. The molecule has 126 valence electrons. The van der Waals surface area contributed by atoms with Gasteiger partial charge < -0.3 is 4.74 Å². The molecule has 1 aromatic rings. The molecule has 1 aromatic carbocycles. The maximum Gasteiger partial charge on any atom is 0.320 e. The van der Waals surface area contributed by atoms with Crippen LogP contribution in [0.3, 0.4) is 0 Å². The summed E-state index contributed by atoms with van der Waals surface area (Å²) < 4.78 is 5.39. The zero-order chi connectivity index (χ0) is 17.3. The second-order valence-corrected chi connectivity index (χ2v) is 6.20. The summed E-state index contributed by atoms with van der Waals surface area (Å²) in [5, 5.41) is 11.3. The lowest BCUT2D eigenvalue weighted by Crippen LogP contribution is -2.37. The predicted octanol–water partition coefficient (Wildman–Crippen LogP) is 2.77. The minimum atomic E-state index is -0.791. The fourth-order valence-corrected chi connectivity index (χ4v) is 2.80. The summed E-state index contributed by atoms with van der Waals surface area (Å²) in [6, 6.07) is 6.32. The van der Waals surface area contributed by atoms with Crippen LogP contribution in [-0.2, 0) is 9.53 Å². The Morgan fingerprint density at radius 3 is 2.71 bits per heavy atom. The van der Waals surface area contributed by atoms with E-state index in [1.54, 1.807) is 32.0 Å². The molecule has 7 heteroatoms. The van der Waals surface area contributed by atoms with Gasteiger partial charge in [-0.2, -0.15) is 0 Å². The van der Waals surface area contributed by atoms with Crippen LogP contribution in [0.1, 0.15) is 32.3 Å². The van der Waals surface area contributed by atoms with Crippen LogP contribution in [0.25, 0.3) is 0 Å². The lowest BCUT2D eigenvalue weighted by Gasteiger charge is -2.24. The number of hydrogen-bond donors (Lipinski definition) is 0. The van der Waals surface area contributed by atoms with Gasteiger partial charge in [-0.05, 0) is 38.7 Å². The normalized spacial score (nSPS) is 23.2. The number of nitro benzene ring substituents is 1. The first-order chi connectivity index (χ1) is 11.5. The predicted molar refractivity (Wildman–Crippen MR) is 89.4 cm³/mol. The highest BCUT2D eigenvalue weighted by atomic mass is 16.6. The van der Waals surface area contributed by atoms with Crippen molar-refractivity contribution in [2.45, 2.75) is 32.9 Å². The van der Waals surface area contributed by atoms with Crippen LogP contribution in [0.2, 0.25) is 0 Å². The fraction of sp³-hybridized carbons (Fsp3) is 0.471. The summed E-state index contributed by atoms with van der Waals surface area (Å²) in [5.74, 6) is -0.784. The molecular formula is C17H19N3O4. The number of benzene rings is 1. The average Bonchev–Trinajstić information content (AvgIpc) is 3.36. The van der Waals surface area contributed by atoms with Crippen molar-refractivity contribution < 1.29 is 14.5 Å². The van der Waals surface area contributed by atoms with Crippen molar-refractivity contribution in [3.63, 3.8) is 0 Å². The van der Waals surface area contributed by atoms with Gasteiger partial charge in [0.1, 0.15) is 12.1 Å². The van der Waals surface area contributed by atoms with Crippen LogP contribution >= 0.6 is 0 Å². The molecule has 1 fully saturated rings. The first-order valence-electron chi connectivity index (χ1n) is 7.99. The number of hydrogen-bond acceptors (Lipinski definition) is 6. The van der Waals surface area contributed by atoms with Crippen LogP contribution in [-0.4, -0.2) is 35.1 Å². The highest BCUT2D eigenvalue weighted by molar-refractivity contribution is 6.27. The van der Waals surface area contributed by atoms with E-state index in [0.29, 0.717) is 29.5 Å². The Morgan fingerprint density at radius 1 is 1.33 bits per heavy atom. The summed E-state index contributed by atoms with van der Waals surface area (Å²) >= 11 is 0. The molecule has 0 spiro atoms. The molecule has 0 N–H and O–H groups in total. The van der Waals surface area contributed by atoms with E-state index in [4.69, 9.17) is 4.74 Å². The van der Waals surface area contributed by atoms with E-state index in [1.807, 2.05) is 0 Å². The molecule has 7 nitrogen and oxygen atoms in total. The van der Waals surface area contributed by atoms with Crippen molar-refractivity contribution in [3.8, 4) is 0 Å². The molecule has 0 radical (unpaired) electrons. The zero-order valence-electron chi connectivity index (χ0n) is 13.6. The topological polar surface area (TPSA) is 94.2 Å². The van der Waals surface area contributed by atoms with Gasteiger partial charge >= 0.3 is 5.97 Å². The van der Waals surface area contributed by atoms with Gasteiger partial charge in [0.15, 0.2) is 0 Å². The number of carbonyl (C=O) groups is 1. The lowest BCUT2D eigenvalue weighted by atomic mass is 9.90. The molecule has 0 saturated heterocycles. The molecule has 0 amide bonds. The standard InChI is InChI=1S/C17H19N3O4/c1-10-15(17(21)24-9-12-7-8-12)16(19-11(2)18-10)13-5-3-4-6-14(13)20(22)23/h3-6,11-12,15H,7-9H2,1-2H3. The van der Waals surface area contributed by atoms with E-state index in [-0.39, 0.29) is 11.9 Å². The number of para-hydroxylation sites is 1. The van der Waals surface area contributed by atoms with Gasteiger partial charge in [0.05, 0.1) is 22.8 Å². The summed E-state index contributed by atoms with van der Waals surface area (Å²) in [6.45, 7) is 3.91. The Labute approximate surface area is 139 Å². The third-order valence-electron chi connectivity index (χ3n) is 4.18. The average molecular weight is 329 g/mol. The molecule has 1 heterocycles. The first kappa shape index (κ1) is 16.3. The molecule has 2 unspecified atom stereocenters. The van der Waals surface area contributed by atoms with Gasteiger partial charge in [-0.25, -0.2) is 0 Å². The molecule has 1 saturated carbocycles. The van der Waals surface area contributed by atoms with Crippen molar-refractivity contribution in [2.75, 3.05) is 6.61 Å². The third-order valence-corrected chi connectivity index (χ3v) is 4.18. The number of esters is 1. The molecule has 0 bridgehead atoms. The summed E-state index contributed by atoms with van der Waals surface area (Å²) in [7, 11) is 0. The van der Waals surface area contributed by atoms with Crippen LogP contribution in [0.5, 0.6) is 0 Å². The van der Waals surface area contributed by atoms with Gasteiger partial charge in [-0.1, -0.05) is 12.1 Å². The number of aliphatic imine (C=N–C) groups is 2. The van der Waals surface area contributed by atoms with Crippen molar-refractivity contribution in [1.82, 2.24) is 0 Å². The SMILES string of the molecule is CC1=NC(C)N=C(c2ccccc2[N+](=O)[O-])C1C(=O)OCC1CC1. The number of nitrogens with zero attached hydrogens (tertiary/aromatic N) is 3. The molecule has 2 aliphatic rings. The molecule has 2 atom stereocenters. The van der Waals surface area contributed by atoms with E-state index in [2.05, 4.69) is 9.98 Å². The van der Waals surface area contributed by atoms with Crippen LogP contribution in [0, 0.1) is 22.0 Å². The Hall–Kier alpha value is -2.57. The molecule has 24 heavy (non-hydrogen) atoms. The Balaban J connectivity index is 1.96. The Morgan fingerprint density at radius 2 is 2.04 bits per heavy atom. The van der Waals surface area contributed by atoms with Gasteiger partial charge in [0.25, 0.3) is 5.69 Å².